The Morgan fingerprint density at radius 3 is 2.44 bits per heavy atom. The number of likely N-dealkylation sites (tertiary alicyclic amines) is 1. The summed E-state index contributed by atoms with van der Waals surface area (Å²) in [6.45, 7) is 6.60. The maximum absolute atomic E-state index is 13.5. The van der Waals surface area contributed by atoms with Gasteiger partial charge >= 0.3 is 0 Å². The van der Waals surface area contributed by atoms with E-state index >= 15 is 0 Å². The number of amides is 1. The van der Waals surface area contributed by atoms with Gasteiger partial charge in [0.2, 0.25) is 5.91 Å². The molecular formula is C24H28FN5OS. The molecule has 2 heterocycles. The number of hydrogen-bond donors (Lipinski definition) is 1. The van der Waals surface area contributed by atoms with Crippen LogP contribution < -0.4 is 5.32 Å². The number of halogens is 1. The van der Waals surface area contributed by atoms with Gasteiger partial charge < -0.3 is 5.32 Å². The van der Waals surface area contributed by atoms with Crippen LogP contribution >= 0.6 is 11.8 Å². The first kappa shape index (κ1) is 22.5. The molecule has 1 aliphatic rings. The highest BCUT2D eigenvalue weighted by molar-refractivity contribution is 8.00. The Morgan fingerprint density at radius 1 is 1.06 bits per heavy atom. The molecule has 1 aromatic heterocycles. The molecule has 168 valence electrons. The summed E-state index contributed by atoms with van der Waals surface area (Å²) < 4.78 is 15.5. The zero-order valence-corrected chi connectivity index (χ0v) is 19.2. The fourth-order valence-electron chi connectivity index (χ4n) is 3.74. The molecule has 4 rings (SSSR count). The van der Waals surface area contributed by atoms with E-state index in [2.05, 4.69) is 20.4 Å². The lowest BCUT2D eigenvalue weighted by Gasteiger charge is -2.26. The zero-order chi connectivity index (χ0) is 22.5. The average molecular weight is 454 g/mol. The van der Waals surface area contributed by atoms with E-state index in [9.17, 15) is 9.18 Å². The van der Waals surface area contributed by atoms with Crippen LogP contribution in [0.4, 0.5) is 10.1 Å². The molecule has 1 aliphatic heterocycles. The van der Waals surface area contributed by atoms with Crippen molar-refractivity contribution in [1.29, 1.82) is 0 Å². The second kappa shape index (κ2) is 10.3. The highest BCUT2D eigenvalue weighted by atomic mass is 32.2. The smallest absolute Gasteiger partial charge is 0.237 e. The zero-order valence-electron chi connectivity index (χ0n) is 18.4. The van der Waals surface area contributed by atoms with E-state index in [0.717, 1.165) is 35.9 Å². The van der Waals surface area contributed by atoms with Crippen LogP contribution in [-0.2, 0) is 11.3 Å². The van der Waals surface area contributed by atoms with Gasteiger partial charge in [-0.3, -0.25) is 14.3 Å². The van der Waals surface area contributed by atoms with E-state index in [0.29, 0.717) is 11.7 Å². The Hall–Kier alpha value is -2.71. The third-order valence-electron chi connectivity index (χ3n) is 5.57. The number of rotatable bonds is 7. The van der Waals surface area contributed by atoms with Crippen LogP contribution in [-0.4, -0.2) is 43.9 Å². The van der Waals surface area contributed by atoms with Crippen LogP contribution in [0.25, 0.3) is 5.69 Å². The summed E-state index contributed by atoms with van der Waals surface area (Å²) in [7, 11) is 0. The largest absolute Gasteiger partial charge is 0.325 e. The predicted octanol–water partition coefficient (Wildman–Crippen LogP) is 4.82. The van der Waals surface area contributed by atoms with Gasteiger partial charge in [0.05, 0.1) is 11.8 Å². The summed E-state index contributed by atoms with van der Waals surface area (Å²) in [4.78, 5) is 15.1. The average Bonchev–Trinajstić information content (AvgIpc) is 3.18. The molecule has 1 N–H and O–H groups in total. The van der Waals surface area contributed by atoms with Crippen molar-refractivity contribution >= 4 is 23.4 Å². The van der Waals surface area contributed by atoms with Crippen molar-refractivity contribution in [2.45, 2.75) is 50.1 Å². The summed E-state index contributed by atoms with van der Waals surface area (Å²) in [5.41, 5.74) is 2.69. The lowest BCUT2D eigenvalue weighted by Crippen LogP contribution is -2.30. The van der Waals surface area contributed by atoms with Crippen LogP contribution in [0.3, 0.4) is 0 Å². The minimum atomic E-state index is -0.387. The van der Waals surface area contributed by atoms with E-state index < -0.39 is 0 Å². The van der Waals surface area contributed by atoms with Gasteiger partial charge in [-0.15, -0.1) is 10.2 Å². The monoisotopic (exact) mass is 453 g/mol. The molecule has 0 aliphatic carbocycles. The number of anilines is 1. The molecule has 32 heavy (non-hydrogen) atoms. The van der Waals surface area contributed by atoms with Gasteiger partial charge in [-0.25, -0.2) is 4.39 Å². The number of benzene rings is 2. The summed E-state index contributed by atoms with van der Waals surface area (Å²) in [6, 6.07) is 14.0. The van der Waals surface area contributed by atoms with Crippen LogP contribution in [0.1, 0.15) is 37.6 Å². The molecular weight excluding hydrogens is 425 g/mol. The molecule has 1 amide bonds. The van der Waals surface area contributed by atoms with E-state index in [1.807, 2.05) is 42.7 Å². The molecule has 6 nitrogen and oxygen atoms in total. The van der Waals surface area contributed by atoms with Crippen molar-refractivity contribution in [2.24, 2.45) is 0 Å². The Kier molecular flexibility index (Phi) is 7.22. The number of piperidine rings is 1. The Bertz CT molecular complexity index is 1050. The maximum Gasteiger partial charge on any atom is 0.237 e. The number of carbonyl (C=O) groups is 1. The van der Waals surface area contributed by atoms with Gasteiger partial charge in [-0.2, -0.15) is 0 Å². The summed E-state index contributed by atoms with van der Waals surface area (Å²) in [6.07, 6.45) is 3.63. The van der Waals surface area contributed by atoms with E-state index in [4.69, 9.17) is 0 Å². The molecule has 1 fully saturated rings. The third kappa shape index (κ3) is 5.55. The van der Waals surface area contributed by atoms with Gasteiger partial charge in [0, 0.05) is 11.4 Å². The fourth-order valence-corrected chi connectivity index (χ4v) is 4.62. The Balaban J connectivity index is 1.54. The molecule has 1 atom stereocenters. The Morgan fingerprint density at radius 2 is 1.75 bits per heavy atom. The fraction of sp³-hybridized carbons (Fsp3) is 0.375. The molecule has 2 aromatic carbocycles. The van der Waals surface area contributed by atoms with Gasteiger partial charge in [-0.05, 0) is 76.2 Å². The number of aryl methyl sites for hydroxylation is 1. The number of nitrogens with zero attached hydrogens (tertiary/aromatic N) is 4. The molecule has 1 unspecified atom stereocenters. The number of nitrogens with one attached hydrogen (secondary N) is 1. The molecule has 8 heteroatoms. The first-order valence-electron chi connectivity index (χ1n) is 11.0. The molecule has 0 radical (unpaired) electrons. The van der Waals surface area contributed by atoms with Crippen molar-refractivity contribution in [2.75, 3.05) is 18.4 Å². The molecule has 3 aromatic rings. The number of thioether (sulfide) groups is 1. The number of aromatic nitrogens is 3. The van der Waals surface area contributed by atoms with Gasteiger partial charge in [-0.1, -0.05) is 35.9 Å². The molecule has 0 spiro atoms. The van der Waals surface area contributed by atoms with Crippen LogP contribution in [0.15, 0.2) is 53.7 Å². The lowest BCUT2D eigenvalue weighted by molar-refractivity contribution is -0.115. The minimum absolute atomic E-state index is 0.106. The van der Waals surface area contributed by atoms with Crippen molar-refractivity contribution in [3.8, 4) is 5.69 Å². The second-order valence-corrected chi connectivity index (χ2v) is 9.47. The molecule has 0 bridgehead atoms. The highest BCUT2D eigenvalue weighted by Crippen LogP contribution is 2.27. The lowest BCUT2D eigenvalue weighted by atomic mass is 10.1. The van der Waals surface area contributed by atoms with E-state index in [-0.39, 0.29) is 17.0 Å². The van der Waals surface area contributed by atoms with Crippen molar-refractivity contribution in [1.82, 2.24) is 19.7 Å². The van der Waals surface area contributed by atoms with Crippen LogP contribution in [0.5, 0.6) is 0 Å². The molecule has 1 saturated heterocycles. The van der Waals surface area contributed by atoms with Crippen LogP contribution in [0, 0.1) is 12.7 Å². The minimum Gasteiger partial charge on any atom is -0.325 e. The maximum atomic E-state index is 13.5. The number of carbonyl (C=O) groups excluding carboxylic acids is 1. The predicted molar refractivity (Wildman–Crippen MR) is 126 cm³/mol. The normalized spacial score (nSPS) is 15.5. The van der Waals surface area contributed by atoms with Crippen LogP contribution in [0.2, 0.25) is 0 Å². The SMILES string of the molecule is Cc1ccc(NC(=O)C(C)Sc2nnc(CN3CCCCC3)n2-c2ccc(F)cc2)cc1. The first-order chi connectivity index (χ1) is 15.5. The standard InChI is InChI=1S/C24H28FN5OS/c1-17-6-10-20(11-7-17)26-23(31)18(2)32-24-28-27-22(16-29-14-4-3-5-15-29)30(24)21-12-8-19(25)9-13-21/h6-13,18H,3-5,14-16H2,1-2H3,(H,26,31). The highest BCUT2D eigenvalue weighted by Gasteiger charge is 2.23. The summed E-state index contributed by atoms with van der Waals surface area (Å²) in [5.74, 6) is 0.400. The van der Waals surface area contributed by atoms with E-state index in [1.54, 1.807) is 12.1 Å². The van der Waals surface area contributed by atoms with E-state index in [1.165, 1.54) is 43.2 Å². The first-order valence-corrected chi connectivity index (χ1v) is 11.8. The van der Waals surface area contributed by atoms with Crippen molar-refractivity contribution in [3.63, 3.8) is 0 Å². The van der Waals surface area contributed by atoms with Crippen molar-refractivity contribution in [3.05, 3.63) is 65.7 Å². The quantitative estimate of drug-likeness (QED) is 0.520. The second-order valence-electron chi connectivity index (χ2n) is 8.16. The van der Waals surface area contributed by atoms with Gasteiger partial charge in [0.25, 0.3) is 0 Å². The van der Waals surface area contributed by atoms with Crippen molar-refractivity contribution < 1.29 is 9.18 Å². The number of hydrogen-bond acceptors (Lipinski definition) is 5. The Labute approximate surface area is 192 Å². The summed E-state index contributed by atoms with van der Waals surface area (Å²) in [5, 5.41) is 12.0. The third-order valence-corrected chi connectivity index (χ3v) is 6.61. The summed E-state index contributed by atoms with van der Waals surface area (Å²) >= 11 is 1.35. The van der Waals surface area contributed by atoms with Gasteiger partial charge in [0.15, 0.2) is 11.0 Å². The van der Waals surface area contributed by atoms with Gasteiger partial charge in [0.1, 0.15) is 5.82 Å². The molecule has 0 saturated carbocycles. The topological polar surface area (TPSA) is 63.1 Å².